The van der Waals surface area contributed by atoms with E-state index < -0.39 is 0 Å². The number of pyridine rings is 2. The number of aromatic nitrogens is 4. The average molecular weight is 1170 g/mol. The van der Waals surface area contributed by atoms with Gasteiger partial charge < -0.3 is 23.7 Å². The molecular formula is C69H47N6OPt-3. The van der Waals surface area contributed by atoms with Crippen LogP contribution in [-0.2, 0) is 26.5 Å². The number of para-hydroxylation sites is 5. The topological polar surface area (TPSA) is 51.4 Å². The first kappa shape index (κ1) is 46.5. The molecule has 0 spiro atoms. The van der Waals surface area contributed by atoms with Crippen LogP contribution in [0.4, 0.5) is 22.7 Å². The second-order valence-electron chi connectivity index (χ2n) is 20.7. The molecule has 6 heterocycles. The first-order valence-electron chi connectivity index (χ1n) is 25.8. The maximum atomic E-state index is 6.80. The van der Waals surface area contributed by atoms with Crippen molar-refractivity contribution in [2.45, 2.75) is 26.2 Å². The van der Waals surface area contributed by atoms with Crippen LogP contribution >= 0.6 is 0 Å². The summed E-state index contributed by atoms with van der Waals surface area (Å²) in [6, 6.07) is 83.0. The van der Waals surface area contributed by atoms with Gasteiger partial charge in [-0.2, -0.15) is 23.9 Å². The van der Waals surface area contributed by atoms with Crippen LogP contribution in [0.1, 0.15) is 26.3 Å². The molecule has 0 radical (unpaired) electrons. The Morgan fingerprint density at radius 1 is 0.481 bits per heavy atom. The second-order valence-corrected chi connectivity index (χ2v) is 20.7. The molecule has 0 saturated heterocycles. The quantitative estimate of drug-likeness (QED) is 0.149. The summed E-state index contributed by atoms with van der Waals surface area (Å²) in [5.74, 6) is 1.65. The van der Waals surface area contributed by atoms with Crippen LogP contribution in [0.25, 0.3) is 99.6 Å². The number of ether oxygens (including phenoxy) is 1. The van der Waals surface area contributed by atoms with Crippen LogP contribution < -0.4 is 14.5 Å². The van der Waals surface area contributed by atoms with E-state index in [4.69, 9.17) is 14.7 Å². The Bertz CT molecular complexity index is 4420. The first-order valence-corrected chi connectivity index (χ1v) is 25.8. The minimum Gasteiger partial charge on any atom is -0.503 e. The minimum atomic E-state index is -0.108. The zero-order chi connectivity index (χ0) is 50.6. The van der Waals surface area contributed by atoms with E-state index in [-0.39, 0.29) is 26.5 Å². The van der Waals surface area contributed by atoms with Gasteiger partial charge in [0.1, 0.15) is 11.7 Å². The van der Waals surface area contributed by atoms with Crippen molar-refractivity contribution < 1.29 is 25.8 Å². The Labute approximate surface area is 461 Å². The van der Waals surface area contributed by atoms with Gasteiger partial charge in [0.05, 0.1) is 16.7 Å². The third-order valence-electron chi connectivity index (χ3n) is 15.3. The molecule has 4 aromatic heterocycles. The third-order valence-corrected chi connectivity index (χ3v) is 15.3. The first-order chi connectivity index (χ1) is 37.4. The van der Waals surface area contributed by atoms with E-state index in [2.05, 4.69) is 259 Å². The van der Waals surface area contributed by atoms with E-state index in [1.54, 1.807) is 6.20 Å². The number of rotatable bonds is 7. The number of nitrogens with zero attached hydrogens (tertiary/aromatic N) is 6. The standard InChI is InChI=1S/C69H47N6O.Pt/c1-69(2,3)46-36-38-70-63(40-46)74-60-34-35-61-65(53-24-11-10-22-51(53)54-27-17-28-55-52-23-12-13-29-57(52)75(61)68(54)55)66(60)56-33-32-48(42-62(56)74)76-64-41-47(37-39-71-64)72-43-73(59-31-15-14-30-58(59)72)67-49(44-18-6-4-7-19-44)25-16-26-50(67)45-20-8-5-9-21-45;/h4-40,43H,1-3H3;/q-3;. The molecule has 0 aliphatic carbocycles. The van der Waals surface area contributed by atoms with E-state index >= 15 is 0 Å². The summed E-state index contributed by atoms with van der Waals surface area (Å²) < 4.78 is 11.5. The Morgan fingerprint density at radius 3 is 1.88 bits per heavy atom. The van der Waals surface area contributed by atoms with Crippen molar-refractivity contribution in [2.75, 3.05) is 9.80 Å². The summed E-state index contributed by atoms with van der Waals surface area (Å²) in [5.41, 5.74) is 19.7. The fraction of sp³-hybridized carbons (Fsp3) is 0.0580. The second kappa shape index (κ2) is 18.1. The van der Waals surface area contributed by atoms with Gasteiger partial charge in [-0.25, -0.2) is 4.98 Å². The Hall–Kier alpha value is -9.03. The fourth-order valence-corrected chi connectivity index (χ4v) is 11.8. The Morgan fingerprint density at radius 2 is 1.12 bits per heavy atom. The molecule has 77 heavy (non-hydrogen) atoms. The number of hydrogen-bond acceptors (Lipinski definition) is 5. The number of fused-ring (bicyclic) bond motifs is 13. The SMILES string of the molecule is CC(C)(C)c1ccnc(-n2c3[c-]c(Oc4[c-]c(N5[CH-]N(c6c(-c7ccccc7)cccc6-c6ccccc6)c6ccccc65)ccn4)ccc3c3c4c(ccc32)-n2c3ccccc3c3cccc(c32)-c2ccccc2-4)c1.[Pt]. The Balaban J connectivity index is 0.00000540. The van der Waals surface area contributed by atoms with Gasteiger partial charge in [0.15, 0.2) is 0 Å². The number of hydrogen-bond donors (Lipinski definition) is 0. The molecule has 8 heteroatoms. The predicted octanol–water partition coefficient (Wildman–Crippen LogP) is 17.7. The van der Waals surface area contributed by atoms with Crippen molar-refractivity contribution in [3.63, 3.8) is 0 Å². The zero-order valence-corrected chi connectivity index (χ0v) is 44.6. The van der Waals surface area contributed by atoms with Gasteiger partial charge in [0.25, 0.3) is 0 Å². The van der Waals surface area contributed by atoms with Crippen LogP contribution in [-0.4, -0.2) is 19.1 Å². The van der Waals surface area contributed by atoms with Crippen LogP contribution in [0, 0.1) is 18.8 Å². The summed E-state index contributed by atoms with van der Waals surface area (Å²) in [5, 5.41) is 4.62. The Kier molecular flexibility index (Phi) is 10.9. The molecule has 0 unspecified atom stereocenters. The monoisotopic (exact) mass is 1170 g/mol. The van der Waals surface area contributed by atoms with E-state index in [0.717, 1.165) is 83.9 Å². The van der Waals surface area contributed by atoms with Crippen molar-refractivity contribution in [2.24, 2.45) is 0 Å². The molecule has 2 aliphatic rings. The zero-order valence-electron chi connectivity index (χ0n) is 42.3. The molecule has 15 rings (SSSR count). The number of benzene rings is 9. The van der Waals surface area contributed by atoms with Crippen molar-refractivity contribution >= 4 is 66.4 Å². The number of anilines is 4. The summed E-state index contributed by atoms with van der Waals surface area (Å²) in [7, 11) is 0. The van der Waals surface area contributed by atoms with Gasteiger partial charge in [-0.05, 0) is 87.3 Å². The molecule has 0 bridgehead atoms. The molecule has 0 atom stereocenters. The van der Waals surface area contributed by atoms with Gasteiger partial charge in [0, 0.05) is 88.6 Å². The van der Waals surface area contributed by atoms with E-state index in [1.807, 2.05) is 18.3 Å². The van der Waals surface area contributed by atoms with Gasteiger partial charge in [-0.15, -0.1) is 24.2 Å². The average Bonchev–Trinajstić information content (AvgIpc) is 4.29. The fourth-order valence-electron chi connectivity index (χ4n) is 11.8. The smallest absolute Gasteiger partial charge is 0.135 e. The van der Waals surface area contributed by atoms with Gasteiger partial charge in [-0.3, -0.25) is 4.98 Å². The van der Waals surface area contributed by atoms with Crippen molar-refractivity contribution in [3.05, 3.63) is 249 Å². The minimum absolute atomic E-state index is 0. The van der Waals surface area contributed by atoms with Crippen molar-refractivity contribution in [3.8, 4) is 67.6 Å². The molecule has 0 fully saturated rings. The van der Waals surface area contributed by atoms with E-state index in [9.17, 15) is 0 Å². The van der Waals surface area contributed by atoms with Crippen LogP contribution in [0.15, 0.2) is 225 Å². The normalized spacial score (nSPS) is 12.7. The largest absolute Gasteiger partial charge is 0.503 e. The molecule has 0 N–H and O–H groups in total. The van der Waals surface area contributed by atoms with Crippen LogP contribution in [0.2, 0.25) is 0 Å². The predicted molar refractivity (Wildman–Crippen MR) is 310 cm³/mol. The van der Waals surface area contributed by atoms with Gasteiger partial charge in [-0.1, -0.05) is 178 Å². The summed E-state index contributed by atoms with van der Waals surface area (Å²) in [4.78, 5) is 14.3. The maximum absolute atomic E-state index is 6.80. The molecular weight excluding hydrogens is 1120 g/mol. The molecule has 2 aliphatic heterocycles. The van der Waals surface area contributed by atoms with E-state index in [0.29, 0.717) is 11.6 Å². The molecule has 13 aromatic rings. The summed E-state index contributed by atoms with van der Waals surface area (Å²) >= 11 is 0. The summed E-state index contributed by atoms with van der Waals surface area (Å²) in [6.07, 6.45) is 3.71. The third kappa shape index (κ3) is 7.36. The molecule has 0 amide bonds. The van der Waals surface area contributed by atoms with Gasteiger partial charge >= 0.3 is 0 Å². The van der Waals surface area contributed by atoms with Gasteiger partial charge in [0.2, 0.25) is 0 Å². The van der Waals surface area contributed by atoms with Crippen molar-refractivity contribution in [1.82, 2.24) is 19.1 Å². The molecule has 9 aromatic carbocycles. The van der Waals surface area contributed by atoms with E-state index in [1.165, 1.54) is 44.1 Å². The molecule has 7 nitrogen and oxygen atoms in total. The van der Waals surface area contributed by atoms with Crippen LogP contribution in [0.3, 0.4) is 0 Å². The summed E-state index contributed by atoms with van der Waals surface area (Å²) in [6.45, 7) is 8.88. The molecule has 0 saturated carbocycles. The van der Waals surface area contributed by atoms with Crippen molar-refractivity contribution in [1.29, 1.82) is 0 Å². The molecule has 372 valence electrons. The van der Waals surface area contributed by atoms with Crippen LogP contribution in [0.5, 0.6) is 11.6 Å². The maximum Gasteiger partial charge on any atom is 0.135 e.